The topological polar surface area (TPSA) is 88.6 Å². The summed E-state index contributed by atoms with van der Waals surface area (Å²) >= 11 is 6.03. The van der Waals surface area contributed by atoms with Crippen LogP contribution in [0.2, 0.25) is 5.02 Å². The first-order valence-electron chi connectivity index (χ1n) is 12.8. The van der Waals surface area contributed by atoms with Gasteiger partial charge in [-0.05, 0) is 74.5 Å². The minimum atomic E-state index is -0.521. The molecule has 1 fully saturated rings. The van der Waals surface area contributed by atoms with Crippen molar-refractivity contribution >= 4 is 45.6 Å². The number of nitrogens with zero attached hydrogens (tertiary/aromatic N) is 3. The van der Waals surface area contributed by atoms with Crippen molar-refractivity contribution in [1.29, 1.82) is 0 Å². The molecule has 0 bridgehead atoms. The number of amides is 1. The minimum Gasteiger partial charge on any atom is -0.493 e. The molecule has 1 amide bonds. The number of nitrogens with one attached hydrogen (secondary N) is 2. The molecule has 1 unspecified atom stereocenters. The smallest absolute Gasteiger partial charge is 0.248 e. The molecule has 40 heavy (non-hydrogen) atoms. The van der Waals surface area contributed by atoms with Crippen LogP contribution in [0.15, 0.2) is 67.0 Å². The molecule has 1 atom stereocenters. The highest BCUT2D eigenvalue weighted by atomic mass is 35.5. The Hall–Kier alpha value is -4.21. The van der Waals surface area contributed by atoms with Gasteiger partial charge in [-0.3, -0.25) is 9.69 Å². The van der Waals surface area contributed by atoms with Gasteiger partial charge in [0.1, 0.15) is 18.0 Å². The van der Waals surface area contributed by atoms with Gasteiger partial charge in [-0.25, -0.2) is 14.4 Å². The predicted octanol–water partition coefficient (Wildman–Crippen LogP) is 6.44. The van der Waals surface area contributed by atoms with E-state index in [1.807, 2.05) is 30.3 Å². The maximum atomic E-state index is 13.8. The minimum absolute atomic E-state index is 0.0175. The normalized spacial score (nSPS) is 15.5. The van der Waals surface area contributed by atoms with E-state index in [-0.39, 0.29) is 17.0 Å². The van der Waals surface area contributed by atoms with Gasteiger partial charge in [0.15, 0.2) is 11.5 Å². The Labute approximate surface area is 236 Å². The summed E-state index contributed by atoms with van der Waals surface area (Å²) in [6.07, 6.45) is 7.08. The van der Waals surface area contributed by atoms with Gasteiger partial charge in [0.2, 0.25) is 5.91 Å². The molecule has 1 aromatic heterocycles. The Morgan fingerprint density at radius 1 is 1.10 bits per heavy atom. The number of ether oxygens (including phenoxy) is 2. The molecule has 1 saturated heterocycles. The monoisotopic (exact) mass is 561 g/mol. The Morgan fingerprint density at radius 2 is 1.93 bits per heavy atom. The molecule has 5 rings (SSSR count). The molecule has 0 radical (unpaired) electrons. The molecule has 2 heterocycles. The largest absolute Gasteiger partial charge is 0.493 e. The zero-order valence-corrected chi connectivity index (χ0v) is 23.1. The van der Waals surface area contributed by atoms with E-state index in [1.165, 1.54) is 18.5 Å². The summed E-state index contributed by atoms with van der Waals surface area (Å²) in [5.41, 5.74) is 3.16. The van der Waals surface area contributed by atoms with Crippen molar-refractivity contribution in [1.82, 2.24) is 14.9 Å². The standard InChI is InChI=1S/C30H29ClFN5O3/c1-37-14-4-5-20(37)8-13-27(38)36-24-11-10-23-29(28(24)18-6-12-25(39-2)26(15-18)40-3)30(34-17-33-23)35-19-7-9-22(32)21(31)16-19/h6-13,15-17,20H,4-5,14H2,1-3H3,(H,36,38)(H,33,34,35). The van der Waals surface area contributed by atoms with Crippen LogP contribution in [0.5, 0.6) is 11.5 Å². The Balaban J connectivity index is 1.63. The molecule has 8 nitrogen and oxygen atoms in total. The van der Waals surface area contributed by atoms with Crippen molar-refractivity contribution in [3.63, 3.8) is 0 Å². The van der Waals surface area contributed by atoms with E-state index >= 15 is 0 Å². The highest BCUT2D eigenvalue weighted by Gasteiger charge is 2.20. The molecular weight excluding hydrogens is 533 g/mol. The van der Waals surface area contributed by atoms with Crippen molar-refractivity contribution < 1.29 is 18.7 Å². The van der Waals surface area contributed by atoms with Gasteiger partial charge in [-0.1, -0.05) is 23.7 Å². The van der Waals surface area contributed by atoms with Gasteiger partial charge in [-0.15, -0.1) is 0 Å². The second-order valence-electron chi connectivity index (χ2n) is 9.47. The average molecular weight is 562 g/mol. The third-order valence-corrected chi connectivity index (χ3v) is 7.25. The second-order valence-corrected chi connectivity index (χ2v) is 9.87. The summed E-state index contributed by atoms with van der Waals surface area (Å²) in [5.74, 6) is 0.772. The van der Waals surface area contributed by atoms with E-state index in [0.717, 1.165) is 24.9 Å². The Kier molecular flexibility index (Phi) is 8.14. The van der Waals surface area contributed by atoms with Crippen LogP contribution in [0, 0.1) is 5.82 Å². The molecule has 0 spiro atoms. The fourth-order valence-electron chi connectivity index (χ4n) is 4.91. The SMILES string of the molecule is COc1ccc(-c2c(NC(=O)C=CC3CCCN3C)ccc3ncnc(Nc4ccc(F)c(Cl)c4)c23)cc1OC. The lowest BCUT2D eigenvalue weighted by Crippen LogP contribution is -2.23. The van der Waals surface area contributed by atoms with Gasteiger partial charge >= 0.3 is 0 Å². The lowest BCUT2D eigenvalue weighted by Gasteiger charge is -2.18. The van der Waals surface area contributed by atoms with Crippen LogP contribution in [-0.4, -0.2) is 54.6 Å². The summed E-state index contributed by atoms with van der Waals surface area (Å²) in [6, 6.07) is 13.7. The van der Waals surface area contributed by atoms with E-state index < -0.39 is 5.82 Å². The van der Waals surface area contributed by atoms with Gasteiger partial charge in [0.05, 0.1) is 30.1 Å². The number of likely N-dealkylation sites (tertiary alicyclic amines) is 1. The van der Waals surface area contributed by atoms with Crippen molar-refractivity contribution in [2.24, 2.45) is 0 Å². The number of hydrogen-bond acceptors (Lipinski definition) is 7. The summed E-state index contributed by atoms with van der Waals surface area (Å²) in [5, 5.41) is 6.91. The lowest BCUT2D eigenvalue weighted by molar-refractivity contribution is -0.111. The summed E-state index contributed by atoms with van der Waals surface area (Å²) in [7, 11) is 5.19. The van der Waals surface area contributed by atoms with Gasteiger partial charge in [0.25, 0.3) is 0 Å². The number of carbonyl (C=O) groups is 1. The van der Waals surface area contributed by atoms with Crippen molar-refractivity contribution in [2.75, 3.05) is 38.4 Å². The van der Waals surface area contributed by atoms with E-state index in [9.17, 15) is 9.18 Å². The Morgan fingerprint density at radius 3 is 2.65 bits per heavy atom. The van der Waals surface area contributed by atoms with Gasteiger partial charge in [0, 0.05) is 29.1 Å². The first-order valence-corrected chi connectivity index (χ1v) is 13.2. The third kappa shape index (κ3) is 5.71. The van der Waals surface area contributed by atoms with Crippen LogP contribution < -0.4 is 20.1 Å². The fraction of sp³-hybridized carbons (Fsp3) is 0.233. The van der Waals surface area contributed by atoms with E-state index in [0.29, 0.717) is 45.2 Å². The third-order valence-electron chi connectivity index (χ3n) is 6.96. The van der Waals surface area contributed by atoms with E-state index in [4.69, 9.17) is 21.1 Å². The number of benzene rings is 3. The average Bonchev–Trinajstić information content (AvgIpc) is 3.38. The second kappa shape index (κ2) is 11.9. The zero-order valence-electron chi connectivity index (χ0n) is 22.4. The predicted molar refractivity (Wildman–Crippen MR) is 156 cm³/mol. The zero-order chi connectivity index (χ0) is 28.2. The maximum Gasteiger partial charge on any atom is 0.248 e. The van der Waals surface area contributed by atoms with Crippen molar-refractivity contribution in [3.05, 3.63) is 77.9 Å². The number of methoxy groups -OCH3 is 2. The number of likely N-dealkylation sites (N-methyl/N-ethyl adjacent to an activating group) is 1. The van der Waals surface area contributed by atoms with Crippen molar-refractivity contribution in [2.45, 2.75) is 18.9 Å². The first kappa shape index (κ1) is 27.4. The number of carbonyl (C=O) groups excluding carboxylic acids is 1. The molecule has 0 saturated carbocycles. The molecule has 1 aliphatic rings. The van der Waals surface area contributed by atoms with E-state index in [1.54, 1.807) is 32.4 Å². The molecular formula is C30H29ClFN5O3. The molecule has 0 aliphatic carbocycles. The van der Waals surface area contributed by atoms with Crippen LogP contribution in [0.25, 0.3) is 22.0 Å². The van der Waals surface area contributed by atoms with Crippen molar-refractivity contribution in [3.8, 4) is 22.6 Å². The summed E-state index contributed by atoms with van der Waals surface area (Å²) < 4.78 is 24.8. The van der Waals surface area contributed by atoms with Crippen LogP contribution in [0.4, 0.5) is 21.6 Å². The summed E-state index contributed by atoms with van der Waals surface area (Å²) in [6.45, 7) is 1.01. The number of rotatable bonds is 8. The number of hydrogen-bond donors (Lipinski definition) is 2. The molecule has 4 aromatic rings. The number of halogens is 2. The van der Waals surface area contributed by atoms with Gasteiger partial charge < -0.3 is 20.1 Å². The quantitative estimate of drug-likeness (QED) is 0.239. The Bertz CT molecular complexity index is 1600. The fourth-order valence-corrected chi connectivity index (χ4v) is 5.09. The molecule has 10 heteroatoms. The van der Waals surface area contributed by atoms with Crippen LogP contribution in [-0.2, 0) is 4.79 Å². The van der Waals surface area contributed by atoms with E-state index in [2.05, 4.69) is 32.5 Å². The molecule has 206 valence electrons. The number of aromatic nitrogens is 2. The first-order chi connectivity index (χ1) is 19.4. The number of fused-ring (bicyclic) bond motifs is 1. The molecule has 1 aliphatic heterocycles. The van der Waals surface area contributed by atoms with Crippen LogP contribution in [0.3, 0.4) is 0 Å². The highest BCUT2D eigenvalue weighted by Crippen LogP contribution is 2.42. The number of anilines is 3. The summed E-state index contributed by atoms with van der Waals surface area (Å²) in [4.78, 5) is 24.3. The molecule has 3 aromatic carbocycles. The maximum absolute atomic E-state index is 13.8. The van der Waals surface area contributed by atoms with Gasteiger partial charge in [-0.2, -0.15) is 0 Å². The highest BCUT2D eigenvalue weighted by molar-refractivity contribution is 6.31. The molecule has 2 N–H and O–H groups in total. The van der Waals surface area contributed by atoms with Crippen LogP contribution in [0.1, 0.15) is 12.8 Å². The van der Waals surface area contributed by atoms with Crippen LogP contribution >= 0.6 is 11.6 Å². The lowest BCUT2D eigenvalue weighted by atomic mass is 9.97.